The Kier molecular flexibility index (Phi) is 3.40. The molecule has 0 aliphatic rings. The molecule has 0 atom stereocenters. The fourth-order valence-corrected chi connectivity index (χ4v) is 1.99. The smallest absolute Gasteiger partial charge is 0.214 e. The summed E-state index contributed by atoms with van der Waals surface area (Å²) in [5, 5.41) is 7.90. The molecule has 0 fully saturated rings. The summed E-state index contributed by atoms with van der Waals surface area (Å²) in [6.45, 7) is 1.82. The van der Waals surface area contributed by atoms with Gasteiger partial charge in [0.25, 0.3) is 0 Å². The van der Waals surface area contributed by atoms with Crippen molar-refractivity contribution in [1.29, 1.82) is 0 Å². The Balaban J connectivity index is 2.32. The average Bonchev–Trinajstić information content (AvgIpc) is 2.74. The van der Waals surface area contributed by atoms with Gasteiger partial charge in [0, 0.05) is 0 Å². The molecular formula is C8H11N7OS. The summed E-state index contributed by atoms with van der Waals surface area (Å²) in [5.41, 5.74) is 2.44. The van der Waals surface area contributed by atoms with Crippen LogP contribution in [0.25, 0.3) is 0 Å². The van der Waals surface area contributed by atoms with Gasteiger partial charge in [-0.3, -0.25) is 5.10 Å². The average molecular weight is 253 g/mol. The first-order valence-corrected chi connectivity index (χ1v) is 5.48. The molecule has 2 aromatic rings. The number of aryl methyl sites for hydroxylation is 1. The van der Waals surface area contributed by atoms with E-state index in [9.17, 15) is 0 Å². The number of H-pyrrole nitrogens is 1. The van der Waals surface area contributed by atoms with Gasteiger partial charge in [0.1, 0.15) is 12.2 Å². The molecule has 90 valence electrons. The molecule has 2 heterocycles. The van der Waals surface area contributed by atoms with Crippen molar-refractivity contribution in [2.75, 3.05) is 12.5 Å². The van der Waals surface area contributed by atoms with Gasteiger partial charge in [-0.1, -0.05) is 0 Å². The number of hydrogen-bond donors (Lipinski definition) is 3. The quantitative estimate of drug-likeness (QED) is 0.406. The van der Waals surface area contributed by atoms with Gasteiger partial charge in [0.05, 0.1) is 7.11 Å². The number of hydrazine groups is 1. The third-order valence-electron chi connectivity index (χ3n) is 1.88. The Labute approximate surface area is 101 Å². The lowest BCUT2D eigenvalue weighted by Gasteiger charge is -2.08. The van der Waals surface area contributed by atoms with Gasteiger partial charge < -0.3 is 10.2 Å². The van der Waals surface area contributed by atoms with E-state index < -0.39 is 0 Å². The minimum atomic E-state index is 0.414. The molecule has 17 heavy (non-hydrogen) atoms. The summed E-state index contributed by atoms with van der Waals surface area (Å²) in [6, 6.07) is 0. The maximum Gasteiger partial charge on any atom is 0.214 e. The monoisotopic (exact) mass is 253 g/mol. The highest BCUT2D eigenvalue weighted by Crippen LogP contribution is 2.34. The van der Waals surface area contributed by atoms with Crippen molar-refractivity contribution in [2.24, 2.45) is 5.84 Å². The zero-order valence-electron chi connectivity index (χ0n) is 9.26. The van der Waals surface area contributed by atoms with Crippen LogP contribution in [0.3, 0.4) is 0 Å². The summed E-state index contributed by atoms with van der Waals surface area (Å²) < 4.78 is 5.19. The summed E-state index contributed by atoms with van der Waals surface area (Å²) >= 11 is 1.26. The number of ether oxygens (including phenoxy) is 1. The molecule has 0 aliphatic carbocycles. The minimum absolute atomic E-state index is 0.414. The third-order valence-corrected chi connectivity index (χ3v) is 2.73. The van der Waals surface area contributed by atoms with Crippen molar-refractivity contribution in [1.82, 2.24) is 25.1 Å². The van der Waals surface area contributed by atoms with Gasteiger partial charge in [-0.15, -0.1) is 5.10 Å². The summed E-state index contributed by atoms with van der Waals surface area (Å²) in [7, 11) is 1.52. The molecule has 0 radical (unpaired) electrons. The Morgan fingerprint density at radius 3 is 2.88 bits per heavy atom. The van der Waals surface area contributed by atoms with Crippen LogP contribution in [0.1, 0.15) is 5.82 Å². The van der Waals surface area contributed by atoms with E-state index in [1.54, 1.807) is 0 Å². The number of nitrogen functional groups attached to an aromatic ring is 1. The van der Waals surface area contributed by atoms with E-state index in [1.807, 2.05) is 6.92 Å². The highest BCUT2D eigenvalue weighted by atomic mass is 32.2. The fourth-order valence-electron chi connectivity index (χ4n) is 1.17. The van der Waals surface area contributed by atoms with Crippen molar-refractivity contribution < 1.29 is 4.74 Å². The Morgan fingerprint density at radius 2 is 2.29 bits per heavy atom. The zero-order chi connectivity index (χ0) is 12.3. The summed E-state index contributed by atoms with van der Waals surface area (Å²) in [4.78, 5) is 12.2. The molecule has 9 heteroatoms. The molecule has 0 amide bonds. The first-order valence-electron chi connectivity index (χ1n) is 4.67. The number of methoxy groups -OCH3 is 1. The number of hydrogen-bond acceptors (Lipinski definition) is 8. The number of nitrogens with zero attached hydrogens (tertiary/aromatic N) is 4. The predicted octanol–water partition coefficient (Wildman–Crippen LogP) is 0.349. The highest BCUT2D eigenvalue weighted by molar-refractivity contribution is 7.99. The molecule has 2 rings (SSSR count). The highest BCUT2D eigenvalue weighted by Gasteiger charge is 2.14. The van der Waals surface area contributed by atoms with Gasteiger partial charge in [0.2, 0.25) is 5.16 Å². The SMILES string of the molecule is COc1c(NN)ncnc1Sc1n[nH]c(C)n1. The normalized spacial score (nSPS) is 10.3. The number of nitrogens with two attached hydrogens (primary N) is 1. The number of rotatable bonds is 4. The maximum atomic E-state index is 5.33. The van der Waals surface area contributed by atoms with E-state index in [2.05, 4.69) is 30.6 Å². The van der Waals surface area contributed by atoms with Gasteiger partial charge in [-0.05, 0) is 18.7 Å². The first kappa shape index (κ1) is 11.6. The largest absolute Gasteiger partial charge is 0.490 e. The van der Waals surface area contributed by atoms with E-state index >= 15 is 0 Å². The molecule has 0 saturated carbocycles. The molecule has 0 aromatic carbocycles. The number of aromatic nitrogens is 5. The van der Waals surface area contributed by atoms with Crippen LogP contribution in [-0.4, -0.2) is 32.3 Å². The standard InChI is InChI=1S/C8H11N7OS/c1-4-12-8(15-14-4)17-7-5(16-2)6(13-9)10-3-11-7/h3H,9H2,1-2H3,(H,10,11,13)(H,12,14,15). The molecule has 0 spiro atoms. The van der Waals surface area contributed by atoms with Crippen LogP contribution >= 0.6 is 11.8 Å². The van der Waals surface area contributed by atoms with Crippen molar-refractivity contribution in [3.05, 3.63) is 12.2 Å². The maximum absolute atomic E-state index is 5.33. The Hall–Kier alpha value is -1.87. The zero-order valence-corrected chi connectivity index (χ0v) is 10.1. The lowest BCUT2D eigenvalue weighted by atomic mass is 10.5. The molecule has 2 aromatic heterocycles. The van der Waals surface area contributed by atoms with Crippen LogP contribution < -0.4 is 16.0 Å². The molecule has 0 unspecified atom stereocenters. The van der Waals surface area contributed by atoms with Crippen LogP contribution in [0.15, 0.2) is 16.5 Å². The molecule has 8 nitrogen and oxygen atoms in total. The third kappa shape index (κ3) is 2.45. The van der Waals surface area contributed by atoms with Gasteiger partial charge >= 0.3 is 0 Å². The second-order valence-electron chi connectivity index (χ2n) is 3.01. The fraction of sp³-hybridized carbons (Fsp3) is 0.250. The van der Waals surface area contributed by atoms with Crippen molar-refractivity contribution in [3.8, 4) is 5.75 Å². The lowest BCUT2D eigenvalue weighted by Crippen LogP contribution is -2.10. The number of nitrogens with one attached hydrogen (secondary N) is 2. The van der Waals surface area contributed by atoms with Crippen LogP contribution in [0, 0.1) is 6.92 Å². The second kappa shape index (κ2) is 4.97. The van der Waals surface area contributed by atoms with E-state index in [4.69, 9.17) is 10.6 Å². The Bertz CT molecular complexity index is 514. The van der Waals surface area contributed by atoms with Gasteiger partial charge in [-0.25, -0.2) is 20.8 Å². The molecular weight excluding hydrogens is 242 g/mol. The first-order chi connectivity index (χ1) is 8.24. The second-order valence-corrected chi connectivity index (χ2v) is 3.97. The number of aromatic amines is 1. The van der Waals surface area contributed by atoms with E-state index in [0.29, 0.717) is 21.7 Å². The molecule has 4 N–H and O–H groups in total. The Morgan fingerprint density at radius 1 is 1.47 bits per heavy atom. The number of anilines is 1. The van der Waals surface area contributed by atoms with Crippen molar-refractivity contribution in [3.63, 3.8) is 0 Å². The van der Waals surface area contributed by atoms with Gasteiger partial charge in [-0.2, -0.15) is 0 Å². The van der Waals surface area contributed by atoms with Crippen LogP contribution in [-0.2, 0) is 0 Å². The minimum Gasteiger partial charge on any atom is -0.490 e. The summed E-state index contributed by atoms with van der Waals surface area (Å²) in [5.74, 6) is 6.93. The topological polar surface area (TPSA) is 115 Å². The van der Waals surface area contributed by atoms with E-state index in [1.165, 1.54) is 25.2 Å². The van der Waals surface area contributed by atoms with E-state index in [0.717, 1.165) is 5.82 Å². The van der Waals surface area contributed by atoms with Crippen LogP contribution in [0.5, 0.6) is 5.75 Å². The lowest BCUT2D eigenvalue weighted by molar-refractivity contribution is 0.400. The van der Waals surface area contributed by atoms with E-state index in [-0.39, 0.29) is 0 Å². The molecule has 0 saturated heterocycles. The molecule has 0 bridgehead atoms. The van der Waals surface area contributed by atoms with Crippen LogP contribution in [0.4, 0.5) is 5.82 Å². The molecule has 0 aliphatic heterocycles. The predicted molar refractivity (Wildman–Crippen MR) is 61.6 cm³/mol. The van der Waals surface area contributed by atoms with Crippen molar-refractivity contribution in [2.45, 2.75) is 17.1 Å². The summed E-state index contributed by atoms with van der Waals surface area (Å²) in [6.07, 6.45) is 1.39. The van der Waals surface area contributed by atoms with Crippen LogP contribution in [0.2, 0.25) is 0 Å². The van der Waals surface area contributed by atoms with Gasteiger partial charge in [0.15, 0.2) is 16.6 Å². The van der Waals surface area contributed by atoms with Crippen molar-refractivity contribution >= 4 is 17.6 Å².